The van der Waals surface area contributed by atoms with Gasteiger partial charge in [-0.2, -0.15) is 0 Å². The quantitative estimate of drug-likeness (QED) is 0.155. The van der Waals surface area contributed by atoms with Crippen LogP contribution in [-0.4, -0.2) is 86.2 Å². The van der Waals surface area contributed by atoms with E-state index in [0.29, 0.717) is 23.9 Å². The number of carbonyl (C=O) groups excluding carboxylic acids is 2. The number of nitrogens with zero attached hydrogens (tertiary/aromatic N) is 1. The molecule has 42 heavy (non-hydrogen) atoms. The van der Waals surface area contributed by atoms with Crippen molar-refractivity contribution in [2.75, 3.05) is 59.0 Å². The van der Waals surface area contributed by atoms with Gasteiger partial charge in [-0.3, -0.25) is 18.6 Å². The van der Waals surface area contributed by atoms with Gasteiger partial charge in [-0.15, -0.1) is 0 Å². The Labute approximate surface area is 264 Å². The van der Waals surface area contributed by atoms with Crippen molar-refractivity contribution < 1.29 is 32.6 Å². The topological polar surface area (TPSA) is 114 Å². The molecule has 0 aromatic carbocycles. The lowest BCUT2D eigenvalue weighted by Gasteiger charge is -2.24. The summed E-state index contributed by atoms with van der Waals surface area (Å²) in [6.07, 6.45) is 19.5. The maximum Gasteiger partial charge on any atom is 0.472 e. The monoisotopic (exact) mass is 654 g/mol. The molecule has 9 nitrogen and oxygen atoms in total. The molecular weight excluding hydrogens is 593 g/mol. The number of nitrogens with one attached hydrogen (secondary N) is 2. The zero-order valence-corrected chi connectivity index (χ0v) is 29.3. The van der Waals surface area contributed by atoms with Gasteiger partial charge in [0, 0.05) is 30.9 Å². The summed E-state index contributed by atoms with van der Waals surface area (Å²) in [6.45, 7) is 0.535. The second-order valence-electron chi connectivity index (χ2n) is 12.5. The molecule has 1 aliphatic heterocycles. The molecule has 0 aliphatic carbocycles. The van der Waals surface area contributed by atoms with Gasteiger partial charge in [-0.1, -0.05) is 98.6 Å². The Kier molecular flexibility index (Phi) is 23.6. The molecule has 0 spiro atoms. The minimum atomic E-state index is -4.28. The largest absolute Gasteiger partial charge is 0.472 e. The first kappa shape index (κ1) is 39.7. The third-order valence-corrected chi connectivity index (χ3v) is 10.8. The molecule has 1 heterocycles. The first-order valence-electron chi connectivity index (χ1n) is 16.3. The molecule has 3 N–H and O–H groups in total. The first-order chi connectivity index (χ1) is 20.1. The number of hydrogen-bond acceptors (Lipinski definition) is 7. The Bertz CT molecular complexity index is 757. The van der Waals surface area contributed by atoms with Crippen LogP contribution in [0.2, 0.25) is 0 Å². The number of amides is 2. The molecule has 2 atom stereocenters. The van der Waals surface area contributed by atoms with Crippen LogP contribution in [0.25, 0.3) is 0 Å². The highest BCUT2D eigenvalue weighted by molar-refractivity contribution is 8.76. The van der Waals surface area contributed by atoms with Gasteiger partial charge in [0.15, 0.2) is 0 Å². The van der Waals surface area contributed by atoms with E-state index < -0.39 is 13.9 Å². The predicted molar refractivity (Wildman–Crippen MR) is 178 cm³/mol. The third kappa shape index (κ3) is 26.1. The zero-order chi connectivity index (χ0) is 30.9. The summed E-state index contributed by atoms with van der Waals surface area (Å²) >= 11 is 0. The summed E-state index contributed by atoms with van der Waals surface area (Å²) in [7, 11) is 5.68. The smallest absolute Gasteiger partial charge is 0.354 e. The molecular formula is C30H61N3O6PS2+. The lowest BCUT2D eigenvalue weighted by Crippen LogP contribution is -2.46. The Morgan fingerprint density at radius 2 is 1.19 bits per heavy atom. The van der Waals surface area contributed by atoms with Gasteiger partial charge in [0.1, 0.15) is 13.2 Å². The maximum atomic E-state index is 12.6. The van der Waals surface area contributed by atoms with Gasteiger partial charge < -0.3 is 20.0 Å². The number of phosphoric acid groups is 1. The summed E-state index contributed by atoms with van der Waals surface area (Å²) in [5.41, 5.74) is 0. The number of hydrogen-bond donors (Lipinski definition) is 3. The summed E-state index contributed by atoms with van der Waals surface area (Å²) in [5.74, 6) is 2.29. The van der Waals surface area contributed by atoms with E-state index in [4.69, 9.17) is 9.05 Å². The van der Waals surface area contributed by atoms with Gasteiger partial charge in [-0.25, -0.2) is 4.57 Å². The van der Waals surface area contributed by atoms with E-state index >= 15 is 0 Å². The van der Waals surface area contributed by atoms with Crippen molar-refractivity contribution in [2.24, 2.45) is 0 Å². The fraction of sp³-hybridized carbons (Fsp3) is 0.933. The number of rotatable bonds is 7. The second-order valence-corrected chi connectivity index (χ2v) is 16.6. The molecule has 0 saturated carbocycles. The molecule has 1 rings (SSSR count). The van der Waals surface area contributed by atoms with Crippen LogP contribution in [0.5, 0.6) is 0 Å². The molecule has 1 fully saturated rings. The molecule has 1 saturated heterocycles. The Morgan fingerprint density at radius 1 is 0.738 bits per heavy atom. The fourth-order valence-corrected chi connectivity index (χ4v) is 7.61. The SMILES string of the molecule is C[N+](C)(C)CCOP(=O)(O)OCC1CNC(=O)CCCCCCCCCCSSCCCCCCCCCCC(=O)N1. The standard InChI is InChI=1S/C30H60N3O6PS2/c1-33(2,3)22-23-38-40(36,37)39-27-28-26-31-29(34)20-16-12-8-4-6-10-14-18-24-41-42-25-19-15-11-7-5-9-13-17-21-30(35)32-28/h28H,4-27H2,1-3H3,(H2-,31,32,34,35,36,37)/p+1. The highest BCUT2D eigenvalue weighted by atomic mass is 33.1. The van der Waals surface area contributed by atoms with Crippen LogP contribution < -0.4 is 10.6 Å². The molecule has 2 amide bonds. The number of phosphoric ester groups is 1. The van der Waals surface area contributed by atoms with E-state index in [1.165, 1.54) is 75.7 Å². The van der Waals surface area contributed by atoms with Crippen molar-refractivity contribution in [3.05, 3.63) is 0 Å². The Hall–Kier alpha value is -0.290. The normalized spacial score (nSPS) is 23.5. The van der Waals surface area contributed by atoms with Crippen molar-refractivity contribution in [3.63, 3.8) is 0 Å². The molecule has 0 bridgehead atoms. The van der Waals surface area contributed by atoms with Gasteiger partial charge in [-0.05, 0) is 25.7 Å². The molecule has 248 valence electrons. The molecule has 0 radical (unpaired) electrons. The average Bonchev–Trinajstić information content (AvgIpc) is 2.91. The molecule has 0 aromatic heterocycles. The molecule has 2 unspecified atom stereocenters. The summed E-state index contributed by atoms with van der Waals surface area (Å²) < 4.78 is 23.3. The highest BCUT2D eigenvalue weighted by Crippen LogP contribution is 2.43. The summed E-state index contributed by atoms with van der Waals surface area (Å²) in [5, 5.41) is 5.76. The van der Waals surface area contributed by atoms with Crippen LogP contribution in [0.4, 0.5) is 0 Å². The van der Waals surface area contributed by atoms with Crippen LogP contribution in [0.1, 0.15) is 116 Å². The van der Waals surface area contributed by atoms with Gasteiger partial charge in [0.05, 0.1) is 33.8 Å². The third-order valence-electron chi connectivity index (χ3n) is 7.21. The van der Waals surface area contributed by atoms with Gasteiger partial charge in [0.25, 0.3) is 0 Å². The van der Waals surface area contributed by atoms with Crippen molar-refractivity contribution >= 4 is 41.2 Å². The number of quaternary nitrogens is 1. The lowest BCUT2D eigenvalue weighted by molar-refractivity contribution is -0.870. The van der Waals surface area contributed by atoms with Crippen LogP contribution in [0.3, 0.4) is 0 Å². The van der Waals surface area contributed by atoms with Crippen LogP contribution >= 0.6 is 29.4 Å². The average molecular weight is 655 g/mol. The maximum absolute atomic E-state index is 12.6. The molecule has 0 aromatic rings. The Morgan fingerprint density at radius 3 is 1.69 bits per heavy atom. The van der Waals surface area contributed by atoms with Crippen LogP contribution in [-0.2, 0) is 23.2 Å². The predicted octanol–water partition coefficient (Wildman–Crippen LogP) is 6.84. The molecule has 1 aliphatic rings. The van der Waals surface area contributed by atoms with E-state index in [9.17, 15) is 19.0 Å². The Balaban J connectivity index is 2.54. The van der Waals surface area contributed by atoms with Gasteiger partial charge in [0.2, 0.25) is 11.8 Å². The number of carbonyl (C=O) groups is 2. The van der Waals surface area contributed by atoms with Crippen molar-refractivity contribution in [3.8, 4) is 0 Å². The van der Waals surface area contributed by atoms with E-state index in [2.05, 4.69) is 10.6 Å². The van der Waals surface area contributed by atoms with Crippen molar-refractivity contribution in [1.29, 1.82) is 0 Å². The van der Waals surface area contributed by atoms with Crippen molar-refractivity contribution in [2.45, 2.75) is 122 Å². The van der Waals surface area contributed by atoms with E-state index in [1.807, 2.05) is 42.7 Å². The van der Waals surface area contributed by atoms with Crippen molar-refractivity contribution in [1.82, 2.24) is 10.6 Å². The van der Waals surface area contributed by atoms with Gasteiger partial charge >= 0.3 is 7.82 Å². The fourth-order valence-electron chi connectivity index (χ4n) is 4.56. The highest BCUT2D eigenvalue weighted by Gasteiger charge is 2.25. The molecule has 12 heteroatoms. The number of likely N-dealkylation sites (N-methyl/N-ethyl adjacent to an activating group) is 1. The summed E-state index contributed by atoms with van der Waals surface area (Å²) in [6, 6.07) is -0.618. The lowest BCUT2D eigenvalue weighted by atomic mass is 10.1. The zero-order valence-electron chi connectivity index (χ0n) is 26.7. The van der Waals surface area contributed by atoms with E-state index in [0.717, 1.165) is 38.5 Å². The van der Waals surface area contributed by atoms with E-state index in [-0.39, 0.29) is 31.6 Å². The minimum Gasteiger partial charge on any atom is -0.354 e. The first-order valence-corrected chi connectivity index (χ1v) is 20.3. The minimum absolute atomic E-state index is 0.0727. The summed E-state index contributed by atoms with van der Waals surface area (Å²) in [4.78, 5) is 35.2. The van der Waals surface area contributed by atoms with E-state index in [1.54, 1.807) is 0 Å². The second kappa shape index (κ2) is 25.0. The van der Waals surface area contributed by atoms with Crippen LogP contribution in [0, 0.1) is 0 Å². The van der Waals surface area contributed by atoms with Crippen LogP contribution in [0.15, 0.2) is 0 Å².